The van der Waals surface area contributed by atoms with Crippen LogP contribution in [0, 0.1) is 0 Å². The van der Waals surface area contributed by atoms with E-state index in [0.717, 1.165) is 0 Å². The minimum Gasteiger partial charge on any atom is -0.155 e. The quantitative estimate of drug-likeness (QED) is 0.476. The fraction of sp³-hybridized carbons (Fsp3) is 0. The van der Waals surface area contributed by atoms with E-state index >= 15 is 0 Å². The lowest BCUT2D eigenvalue weighted by Crippen LogP contribution is -1.64. The van der Waals surface area contributed by atoms with Crippen molar-refractivity contribution in [1.82, 2.24) is 0 Å². The zero-order chi connectivity index (χ0) is 3.58. The van der Waals surface area contributed by atoms with Gasteiger partial charge in [0.15, 0.2) is 0 Å². The maximum absolute atomic E-state index is 4.96. The van der Waals surface area contributed by atoms with Crippen molar-refractivity contribution in [3.8, 4) is 0 Å². The topological polar surface area (TPSA) is 0 Å². The summed E-state index contributed by atoms with van der Waals surface area (Å²) < 4.78 is -0.410. The molecule has 0 heterocycles. The Balaban J connectivity index is 2.32. The first kappa shape index (κ1) is 5.12. The van der Waals surface area contributed by atoms with Crippen LogP contribution in [-0.4, -0.2) is 4.37 Å². The van der Waals surface area contributed by atoms with Gasteiger partial charge in [-0.25, -0.2) is 0 Å². The summed E-state index contributed by atoms with van der Waals surface area (Å²) in [5.74, 6) is 0. The van der Waals surface area contributed by atoms with Gasteiger partial charge in [0.05, 0.1) is 0 Å². The lowest BCUT2D eigenvalue weighted by molar-refractivity contribution is 4.27. The number of halogens is 3. The van der Waals surface area contributed by atoms with Crippen molar-refractivity contribution in [1.29, 1.82) is 0 Å². The summed E-state index contributed by atoms with van der Waals surface area (Å²) in [5.41, 5.74) is 0. The van der Waals surface area contributed by atoms with Gasteiger partial charge in [0.25, 0.3) is 0 Å². The van der Waals surface area contributed by atoms with Crippen LogP contribution in [0.1, 0.15) is 0 Å². The van der Waals surface area contributed by atoms with Crippen molar-refractivity contribution < 1.29 is 0 Å². The maximum atomic E-state index is 4.96. The van der Waals surface area contributed by atoms with Crippen molar-refractivity contribution >= 4 is 43.0 Å². The smallest absolute Gasteiger partial charge is 0.155 e. The highest BCUT2D eigenvalue weighted by Crippen LogP contribution is 2.01. The normalized spacial score (nSPS) is 6.75. The van der Waals surface area contributed by atoms with Gasteiger partial charge in [0, 0.05) is 0 Å². The molecule has 0 N–H and O–H groups in total. The molecule has 0 aliphatic rings. The lowest BCUT2D eigenvalue weighted by atomic mass is 10.7. The Kier molecular flexibility index (Phi) is 3.03. The molecule has 0 saturated carbocycles. The Morgan fingerprint density at radius 1 is 1.50 bits per heavy atom. The summed E-state index contributed by atoms with van der Waals surface area (Å²) >= 11 is 12.7. The fourth-order valence-corrected chi connectivity index (χ4v) is 0. The van der Waals surface area contributed by atoms with Gasteiger partial charge in [0.2, 0.25) is 0 Å². The molecule has 4 heavy (non-hydrogen) atoms. The summed E-state index contributed by atoms with van der Waals surface area (Å²) in [7, 11) is 0. The second-order valence-corrected chi connectivity index (χ2v) is 3.31. The Morgan fingerprint density at radius 3 is 1.50 bits per heavy atom. The zero-order valence-corrected chi connectivity index (χ0v) is 4.81. The largest absolute Gasteiger partial charge is 0.422 e. The van der Waals surface area contributed by atoms with Gasteiger partial charge in [-0.05, 0) is 0 Å². The van der Waals surface area contributed by atoms with Crippen molar-refractivity contribution in [3.05, 3.63) is 0 Å². The first-order chi connectivity index (χ1) is 1.73. The monoisotopic (exact) mass is 160 g/mol. The summed E-state index contributed by atoms with van der Waals surface area (Å²) in [6, 6.07) is 0. The second-order valence-electron chi connectivity index (χ2n) is 0.247. The van der Waals surface area contributed by atoms with E-state index < -0.39 is 4.37 Å². The van der Waals surface area contributed by atoms with Crippen LogP contribution in [-0.2, 0) is 0 Å². The van der Waals surface area contributed by atoms with Crippen molar-refractivity contribution in [3.63, 3.8) is 0 Å². The molecule has 0 spiro atoms. The molecule has 0 radical (unpaired) electrons. The molecule has 0 aromatic carbocycles. The van der Waals surface area contributed by atoms with Gasteiger partial charge >= 0.3 is 4.37 Å². The van der Waals surface area contributed by atoms with Crippen LogP contribution in [0.25, 0.3) is 0 Å². The van der Waals surface area contributed by atoms with Crippen LogP contribution in [0.3, 0.4) is 0 Å². The first-order valence-corrected chi connectivity index (χ1v) is 2.44. The third-order valence-electron chi connectivity index (χ3n) is 0. The predicted octanol–water partition coefficient (Wildman–Crippen LogP) is 1.84. The Labute approximate surface area is 43.3 Å². The van der Waals surface area contributed by atoms with Crippen LogP contribution in [0.2, 0.25) is 0 Å². The van der Waals surface area contributed by atoms with E-state index in [2.05, 4.69) is 15.8 Å². The lowest BCUT2D eigenvalue weighted by Gasteiger charge is -1.61. The highest BCUT2D eigenvalue weighted by molar-refractivity contribution is 9.27. The van der Waals surface area contributed by atoms with Gasteiger partial charge in [-0.2, -0.15) is 22.9 Å². The summed E-state index contributed by atoms with van der Waals surface area (Å²) in [5, 5.41) is 0. The summed E-state index contributed by atoms with van der Waals surface area (Å²) in [4.78, 5) is 0. The van der Waals surface area contributed by atoms with Crippen LogP contribution in [0.4, 0.5) is 0 Å². The highest BCUT2D eigenvalue weighted by atomic mass is 79.9. The Hall–Kier alpha value is 1.12. The third-order valence-corrected chi connectivity index (χ3v) is 0. The molecule has 0 nitrogen and oxygen atoms in total. The van der Waals surface area contributed by atoms with Gasteiger partial charge in [-0.15, -0.1) is 15.8 Å². The average Bonchev–Trinajstić information content (AvgIpc) is 0.811. The molecule has 0 aliphatic carbocycles. The molecule has 0 aromatic rings. The van der Waals surface area contributed by atoms with Gasteiger partial charge in [-0.1, -0.05) is 0 Å². The van der Waals surface area contributed by atoms with E-state index in [1.54, 1.807) is 0 Å². The van der Waals surface area contributed by atoms with E-state index in [9.17, 15) is 0 Å². The Morgan fingerprint density at radius 2 is 1.50 bits per heavy atom. The van der Waals surface area contributed by atoms with Crippen molar-refractivity contribution in [2.24, 2.45) is 0 Å². The minimum atomic E-state index is -0.410. The molecular formula is BBrCl2. The van der Waals surface area contributed by atoms with Crippen LogP contribution < -0.4 is 0 Å². The van der Waals surface area contributed by atoms with Gasteiger partial charge in [0.1, 0.15) is 0 Å². The van der Waals surface area contributed by atoms with Gasteiger partial charge < -0.3 is 0 Å². The fourth-order valence-electron chi connectivity index (χ4n) is 0. The number of rotatable bonds is 0. The number of hydrogen-bond acceptors (Lipinski definition) is 0. The molecule has 4 heteroatoms. The van der Waals surface area contributed by atoms with E-state index in [1.165, 1.54) is 0 Å². The summed E-state index contributed by atoms with van der Waals surface area (Å²) in [6.07, 6.45) is 0. The van der Waals surface area contributed by atoms with Crippen LogP contribution in [0.5, 0.6) is 0 Å². The molecule has 0 bridgehead atoms. The predicted molar refractivity (Wildman–Crippen MR) is 26.4 cm³/mol. The zero-order valence-electron chi connectivity index (χ0n) is 1.71. The number of hydrogen-bond donors (Lipinski definition) is 0. The van der Waals surface area contributed by atoms with Crippen molar-refractivity contribution in [2.75, 3.05) is 0 Å². The first-order valence-electron chi connectivity index (χ1n) is 0.655. The summed E-state index contributed by atoms with van der Waals surface area (Å²) in [6.45, 7) is 0. The van der Waals surface area contributed by atoms with E-state index in [-0.39, 0.29) is 0 Å². The Bertz CT molecular complexity index is 10.8. The van der Waals surface area contributed by atoms with Gasteiger partial charge in [-0.3, -0.25) is 0 Å². The third kappa shape index (κ3) is 11.2. The van der Waals surface area contributed by atoms with Crippen LogP contribution in [0.15, 0.2) is 0 Å². The molecule has 0 amide bonds. The molecule has 0 saturated heterocycles. The molecule has 0 atom stereocenters. The second kappa shape index (κ2) is 2.37. The van der Waals surface area contributed by atoms with E-state index in [0.29, 0.717) is 0 Å². The molecule has 0 aromatic heterocycles. The van der Waals surface area contributed by atoms with E-state index in [1.807, 2.05) is 0 Å². The molecule has 0 rings (SSSR count). The SMILES string of the molecule is ClB(Cl)Br. The molecule has 0 aliphatic heterocycles. The highest BCUT2D eigenvalue weighted by Gasteiger charge is 1.90. The molecule has 24 valence electrons. The molecular weight excluding hydrogens is 162 g/mol. The van der Waals surface area contributed by atoms with Crippen molar-refractivity contribution in [2.45, 2.75) is 0 Å². The molecule has 0 fully saturated rings. The van der Waals surface area contributed by atoms with Crippen LogP contribution >= 0.6 is 38.7 Å². The minimum absolute atomic E-state index is 0.410. The molecule has 0 unspecified atom stereocenters. The average molecular weight is 162 g/mol. The maximum Gasteiger partial charge on any atom is 0.422 e. The standard InChI is InChI=1S/BBrCl2/c2-1(3)4. The van der Waals surface area contributed by atoms with E-state index in [4.69, 9.17) is 22.9 Å².